The average Bonchev–Trinajstić information content (AvgIpc) is 3.31. The first-order valence-electron chi connectivity index (χ1n) is 11.3. The molecule has 0 aliphatic heterocycles. The number of benzene rings is 5. The lowest BCUT2D eigenvalue weighted by Crippen LogP contribution is -2.15. The van der Waals surface area contributed by atoms with E-state index in [9.17, 15) is 13.2 Å². The van der Waals surface area contributed by atoms with Crippen LogP contribution in [0.15, 0.2) is 108 Å². The van der Waals surface area contributed by atoms with Gasteiger partial charge in [-0.3, -0.25) is 0 Å². The van der Waals surface area contributed by atoms with Crippen molar-refractivity contribution in [2.75, 3.05) is 7.11 Å². The van der Waals surface area contributed by atoms with Gasteiger partial charge in [0, 0.05) is 5.56 Å². The number of carbonyl (C=O) groups excluding carboxylic acids is 1. The number of esters is 1. The summed E-state index contributed by atoms with van der Waals surface area (Å²) in [6.07, 6.45) is 0. The molecule has 0 bridgehead atoms. The van der Waals surface area contributed by atoms with Crippen LogP contribution >= 0.6 is 0 Å². The maximum absolute atomic E-state index is 14.2. The third-order valence-electron chi connectivity index (χ3n) is 6.32. The fourth-order valence-electron chi connectivity index (χ4n) is 4.57. The van der Waals surface area contributed by atoms with Gasteiger partial charge in [-0.25, -0.2) is 22.2 Å². The summed E-state index contributed by atoms with van der Waals surface area (Å²) in [4.78, 5) is 17.2. The van der Waals surface area contributed by atoms with Gasteiger partial charge in [-0.05, 0) is 51.9 Å². The van der Waals surface area contributed by atoms with E-state index in [2.05, 4.69) is 0 Å². The van der Waals surface area contributed by atoms with Crippen LogP contribution < -0.4 is 0 Å². The molecular weight excluding hydrogens is 472 g/mol. The van der Waals surface area contributed by atoms with Crippen molar-refractivity contribution in [2.45, 2.75) is 4.90 Å². The van der Waals surface area contributed by atoms with Crippen LogP contribution in [-0.2, 0) is 14.8 Å². The third-order valence-corrected chi connectivity index (χ3v) is 8.02. The Balaban J connectivity index is 1.70. The van der Waals surface area contributed by atoms with E-state index in [0.29, 0.717) is 16.6 Å². The summed E-state index contributed by atoms with van der Waals surface area (Å²) in [6, 6.07) is 30.8. The molecule has 0 radical (unpaired) electrons. The van der Waals surface area contributed by atoms with Crippen LogP contribution in [0.4, 0.5) is 0 Å². The number of carbonyl (C=O) groups is 1. The Morgan fingerprint density at radius 1 is 0.778 bits per heavy atom. The van der Waals surface area contributed by atoms with Crippen molar-refractivity contribution in [3.8, 4) is 11.4 Å². The van der Waals surface area contributed by atoms with Crippen LogP contribution in [0.2, 0.25) is 0 Å². The van der Waals surface area contributed by atoms with Crippen molar-refractivity contribution in [1.82, 2.24) is 8.96 Å². The zero-order valence-corrected chi connectivity index (χ0v) is 20.1. The predicted molar refractivity (Wildman–Crippen MR) is 141 cm³/mol. The standard InChI is InChI=1S/C29H20N2O4S/c1-35-29(32)22-14-16-26-27(18-22)31(28(30-26)25-12-6-10-20-8-4-5-11-24(20)25)36(33,34)23-15-13-19-7-2-3-9-21(19)17-23/h2-18H,1H3. The lowest BCUT2D eigenvalue weighted by molar-refractivity contribution is 0.0601. The normalized spacial score (nSPS) is 11.8. The third kappa shape index (κ3) is 3.44. The van der Waals surface area contributed by atoms with Crippen molar-refractivity contribution in [2.24, 2.45) is 0 Å². The van der Waals surface area contributed by atoms with Crippen LogP contribution in [0.3, 0.4) is 0 Å². The van der Waals surface area contributed by atoms with Crippen molar-refractivity contribution < 1.29 is 17.9 Å². The molecule has 6 rings (SSSR count). The molecule has 7 heteroatoms. The molecule has 1 aromatic heterocycles. The number of ether oxygens (including phenoxy) is 1. The minimum atomic E-state index is -4.11. The Labute approximate surface area is 207 Å². The predicted octanol–water partition coefficient (Wildman–Crippen LogP) is 6.03. The molecule has 6 nitrogen and oxygen atoms in total. The highest BCUT2D eigenvalue weighted by Crippen LogP contribution is 2.34. The number of fused-ring (bicyclic) bond motifs is 3. The van der Waals surface area contributed by atoms with E-state index in [1.165, 1.54) is 17.1 Å². The fraction of sp³-hybridized carbons (Fsp3) is 0.0345. The maximum atomic E-state index is 14.2. The Kier molecular flexibility index (Phi) is 5.09. The fourth-order valence-corrected chi connectivity index (χ4v) is 6.06. The Morgan fingerprint density at radius 2 is 1.50 bits per heavy atom. The summed E-state index contributed by atoms with van der Waals surface area (Å²) in [6.45, 7) is 0. The molecule has 5 aromatic carbocycles. The average molecular weight is 493 g/mol. The summed E-state index contributed by atoms with van der Waals surface area (Å²) >= 11 is 0. The largest absolute Gasteiger partial charge is 0.465 e. The highest BCUT2D eigenvalue weighted by molar-refractivity contribution is 7.90. The summed E-state index contributed by atoms with van der Waals surface area (Å²) in [5.74, 6) is -0.281. The number of methoxy groups -OCH3 is 1. The summed E-state index contributed by atoms with van der Waals surface area (Å²) in [7, 11) is -2.82. The molecule has 0 N–H and O–H groups in total. The van der Waals surface area contributed by atoms with Gasteiger partial charge in [0.05, 0.1) is 28.6 Å². The van der Waals surface area contributed by atoms with E-state index in [4.69, 9.17) is 9.72 Å². The lowest BCUT2D eigenvalue weighted by atomic mass is 10.0. The van der Waals surface area contributed by atoms with E-state index in [1.54, 1.807) is 30.3 Å². The highest BCUT2D eigenvalue weighted by atomic mass is 32.2. The first-order valence-corrected chi connectivity index (χ1v) is 12.7. The molecule has 1 heterocycles. The Hall–Kier alpha value is -4.49. The lowest BCUT2D eigenvalue weighted by Gasteiger charge is -2.13. The van der Waals surface area contributed by atoms with E-state index < -0.39 is 16.0 Å². The summed E-state index contributed by atoms with van der Waals surface area (Å²) in [5, 5.41) is 3.59. The minimum absolute atomic E-state index is 0.130. The van der Waals surface area contributed by atoms with Gasteiger partial charge >= 0.3 is 5.97 Å². The Bertz CT molecular complexity index is 1920. The zero-order valence-electron chi connectivity index (χ0n) is 19.3. The number of hydrogen-bond donors (Lipinski definition) is 0. The molecule has 36 heavy (non-hydrogen) atoms. The van der Waals surface area contributed by atoms with Gasteiger partial charge in [-0.2, -0.15) is 0 Å². The van der Waals surface area contributed by atoms with Gasteiger partial charge in [0.25, 0.3) is 10.0 Å². The quantitative estimate of drug-likeness (QED) is 0.281. The first kappa shape index (κ1) is 22.0. The molecule has 0 spiro atoms. The summed E-state index contributed by atoms with van der Waals surface area (Å²) < 4.78 is 34.6. The van der Waals surface area contributed by atoms with Crippen LogP contribution in [0.25, 0.3) is 44.0 Å². The second-order valence-electron chi connectivity index (χ2n) is 8.44. The van der Waals surface area contributed by atoms with E-state index in [0.717, 1.165) is 21.5 Å². The van der Waals surface area contributed by atoms with Gasteiger partial charge < -0.3 is 4.74 Å². The molecule has 0 atom stereocenters. The van der Waals surface area contributed by atoms with Crippen LogP contribution in [0.5, 0.6) is 0 Å². The van der Waals surface area contributed by atoms with Gasteiger partial charge in [0.1, 0.15) is 0 Å². The number of aromatic nitrogens is 2. The highest BCUT2D eigenvalue weighted by Gasteiger charge is 2.27. The Morgan fingerprint density at radius 3 is 2.31 bits per heavy atom. The molecule has 0 aliphatic rings. The van der Waals surface area contributed by atoms with E-state index in [-0.39, 0.29) is 16.3 Å². The van der Waals surface area contributed by atoms with E-state index >= 15 is 0 Å². The van der Waals surface area contributed by atoms with Gasteiger partial charge in [0.15, 0.2) is 5.82 Å². The minimum Gasteiger partial charge on any atom is -0.465 e. The summed E-state index contributed by atoms with van der Waals surface area (Å²) in [5.41, 5.74) is 1.67. The van der Waals surface area contributed by atoms with Crippen molar-refractivity contribution in [3.63, 3.8) is 0 Å². The van der Waals surface area contributed by atoms with Gasteiger partial charge in [0.2, 0.25) is 0 Å². The van der Waals surface area contributed by atoms with Gasteiger partial charge in [-0.1, -0.05) is 72.8 Å². The van der Waals surface area contributed by atoms with Crippen LogP contribution in [0, 0.1) is 0 Å². The van der Waals surface area contributed by atoms with Crippen molar-refractivity contribution in [3.05, 3.63) is 109 Å². The zero-order chi connectivity index (χ0) is 24.9. The molecule has 0 fully saturated rings. The monoisotopic (exact) mass is 492 g/mol. The second kappa shape index (κ2) is 8.32. The first-order chi connectivity index (χ1) is 17.5. The molecule has 6 aromatic rings. The molecular formula is C29H20N2O4S. The molecule has 0 aliphatic carbocycles. The van der Waals surface area contributed by atoms with Crippen LogP contribution in [0.1, 0.15) is 10.4 Å². The maximum Gasteiger partial charge on any atom is 0.337 e. The number of imidazole rings is 1. The van der Waals surface area contributed by atoms with Gasteiger partial charge in [-0.15, -0.1) is 0 Å². The SMILES string of the molecule is COC(=O)c1ccc2nc(-c3cccc4ccccc34)n(S(=O)(=O)c3ccc4ccccc4c3)c2c1. The topological polar surface area (TPSA) is 78.3 Å². The smallest absolute Gasteiger partial charge is 0.337 e. The molecule has 0 unspecified atom stereocenters. The van der Waals surface area contributed by atoms with Crippen molar-refractivity contribution in [1.29, 1.82) is 0 Å². The van der Waals surface area contributed by atoms with Crippen LogP contribution in [-0.4, -0.2) is 30.5 Å². The molecule has 0 saturated carbocycles. The number of nitrogens with zero attached hydrogens (tertiary/aromatic N) is 2. The van der Waals surface area contributed by atoms with E-state index in [1.807, 2.05) is 66.7 Å². The molecule has 0 saturated heterocycles. The number of hydrogen-bond acceptors (Lipinski definition) is 5. The second-order valence-corrected chi connectivity index (χ2v) is 10.2. The van der Waals surface area contributed by atoms with Crippen molar-refractivity contribution >= 4 is 48.6 Å². The molecule has 0 amide bonds. The number of rotatable bonds is 4. The molecule has 176 valence electrons.